The number of aryl methyl sites for hydroxylation is 1. The third-order valence-corrected chi connectivity index (χ3v) is 4.60. The quantitative estimate of drug-likeness (QED) is 0.923. The van der Waals surface area contributed by atoms with Gasteiger partial charge in [0.25, 0.3) is 0 Å². The molecule has 9 heteroatoms. The van der Waals surface area contributed by atoms with Gasteiger partial charge in [0.1, 0.15) is 11.6 Å². The van der Waals surface area contributed by atoms with E-state index in [1.165, 1.54) is 6.07 Å². The van der Waals surface area contributed by atoms with Crippen molar-refractivity contribution in [2.75, 3.05) is 0 Å². The highest BCUT2D eigenvalue weighted by molar-refractivity contribution is 7.90. The second-order valence-electron chi connectivity index (χ2n) is 4.27. The van der Waals surface area contributed by atoms with Gasteiger partial charge in [-0.15, -0.1) is 0 Å². The summed E-state index contributed by atoms with van der Waals surface area (Å²) >= 11 is 5.49. The van der Waals surface area contributed by atoms with E-state index in [-0.39, 0.29) is 5.76 Å². The standard InChI is InChI=1S/C12H9ClFNO5S/c1-6-2-7(20-15-6)5-21(18,19)8-3-9(12(16)17)11(13)10(14)4-8/h2-4H,5H2,1H3,(H,16,17). The van der Waals surface area contributed by atoms with E-state index in [4.69, 9.17) is 21.2 Å². The Hall–Kier alpha value is -1.93. The van der Waals surface area contributed by atoms with Crippen molar-refractivity contribution in [1.82, 2.24) is 5.16 Å². The highest BCUT2D eigenvalue weighted by atomic mass is 35.5. The highest BCUT2D eigenvalue weighted by Gasteiger charge is 2.23. The van der Waals surface area contributed by atoms with Gasteiger partial charge in [-0.1, -0.05) is 16.8 Å². The van der Waals surface area contributed by atoms with Crippen LogP contribution in [0.15, 0.2) is 27.6 Å². The predicted octanol–water partition coefficient (Wildman–Crippen LogP) is 2.45. The number of aromatic nitrogens is 1. The van der Waals surface area contributed by atoms with Crippen LogP contribution in [-0.2, 0) is 15.6 Å². The van der Waals surface area contributed by atoms with Crippen LogP contribution in [0.25, 0.3) is 0 Å². The zero-order chi connectivity index (χ0) is 15.8. The average Bonchev–Trinajstić information content (AvgIpc) is 2.76. The number of rotatable bonds is 4. The normalized spacial score (nSPS) is 11.6. The lowest BCUT2D eigenvalue weighted by Gasteiger charge is -2.06. The van der Waals surface area contributed by atoms with E-state index in [1.807, 2.05) is 0 Å². The van der Waals surface area contributed by atoms with Crippen LogP contribution in [0.5, 0.6) is 0 Å². The summed E-state index contributed by atoms with van der Waals surface area (Å²) in [6, 6.07) is 2.90. The fraction of sp³-hybridized carbons (Fsp3) is 0.167. The molecule has 1 heterocycles. The van der Waals surface area contributed by atoms with Gasteiger partial charge in [0.2, 0.25) is 0 Å². The van der Waals surface area contributed by atoms with Crippen molar-refractivity contribution in [1.29, 1.82) is 0 Å². The second-order valence-corrected chi connectivity index (χ2v) is 6.63. The molecular weight excluding hydrogens is 325 g/mol. The summed E-state index contributed by atoms with van der Waals surface area (Å²) in [4.78, 5) is 10.5. The lowest BCUT2D eigenvalue weighted by molar-refractivity contribution is 0.0696. The molecule has 0 atom stereocenters. The van der Waals surface area contributed by atoms with E-state index in [0.717, 1.165) is 6.07 Å². The maximum Gasteiger partial charge on any atom is 0.337 e. The molecule has 112 valence electrons. The minimum atomic E-state index is -3.99. The van der Waals surface area contributed by atoms with Crippen LogP contribution in [0.4, 0.5) is 4.39 Å². The summed E-state index contributed by atoms with van der Waals surface area (Å²) in [5.41, 5.74) is -0.127. The minimum absolute atomic E-state index is 0.0692. The van der Waals surface area contributed by atoms with Gasteiger partial charge in [0.15, 0.2) is 15.6 Å². The van der Waals surface area contributed by atoms with Crippen LogP contribution >= 0.6 is 11.6 Å². The molecule has 2 rings (SSSR count). The van der Waals surface area contributed by atoms with Gasteiger partial charge in [0, 0.05) is 6.07 Å². The summed E-state index contributed by atoms with van der Waals surface area (Å²) < 4.78 is 42.7. The van der Waals surface area contributed by atoms with Crippen LogP contribution in [0.3, 0.4) is 0 Å². The van der Waals surface area contributed by atoms with Gasteiger partial charge in [-0.3, -0.25) is 0 Å². The SMILES string of the molecule is Cc1cc(CS(=O)(=O)c2cc(F)c(Cl)c(C(=O)O)c2)on1. The number of hydrogen-bond donors (Lipinski definition) is 1. The molecule has 0 aliphatic rings. The Labute approximate surface area is 124 Å². The van der Waals surface area contributed by atoms with Crippen LogP contribution in [-0.4, -0.2) is 24.7 Å². The Morgan fingerprint density at radius 1 is 1.43 bits per heavy atom. The zero-order valence-electron chi connectivity index (χ0n) is 10.6. The maximum absolute atomic E-state index is 13.6. The minimum Gasteiger partial charge on any atom is -0.478 e. The molecule has 1 aromatic heterocycles. The van der Waals surface area contributed by atoms with E-state index < -0.39 is 42.9 Å². The molecule has 0 aliphatic carbocycles. The topological polar surface area (TPSA) is 97.5 Å². The summed E-state index contributed by atoms with van der Waals surface area (Å²) in [7, 11) is -3.99. The first-order chi connectivity index (χ1) is 9.70. The summed E-state index contributed by atoms with van der Waals surface area (Å²) in [6.45, 7) is 1.62. The number of sulfone groups is 1. The van der Waals surface area contributed by atoms with E-state index in [0.29, 0.717) is 11.8 Å². The first-order valence-corrected chi connectivity index (χ1v) is 7.61. The average molecular weight is 334 g/mol. The van der Waals surface area contributed by atoms with Crippen molar-refractivity contribution in [2.24, 2.45) is 0 Å². The lowest BCUT2D eigenvalue weighted by atomic mass is 10.2. The van der Waals surface area contributed by atoms with Gasteiger partial charge in [-0.05, 0) is 19.1 Å². The van der Waals surface area contributed by atoms with Crippen molar-refractivity contribution >= 4 is 27.4 Å². The first-order valence-electron chi connectivity index (χ1n) is 5.58. The number of benzene rings is 1. The molecule has 1 N–H and O–H groups in total. The number of carbonyl (C=O) groups is 1. The second kappa shape index (κ2) is 5.45. The molecule has 6 nitrogen and oxygen atoms in total. The molecular formula is C12H9ClFNO5S. The summed E-state index contributed by atoms with van der Waals surface area (Å²) in [5.74, 6) is -3.14. The molecule has 21 heavy (non-hydrogen) atoms. The number of carboxylic acid groups (broad SMARTS) is 1. The molecule has 0 radical (unpaired) electrons. The molecule has 0 fully saturated rings. The van der Waals surface area contributed by atoms with Crippen molar-refractivity contribution in [2.45, 2.75) is 17.6 Å². The predicted molar refractivity (Wildman–Crippen MR) is 70.5 cm³/mol. The van der Waals surface area contributed by atoms with E-state index >= 15 is 0 Å². The van der Waals surface area contributed by atoms with Crippen LogP contribution in [0.1, 0.15) is 21.8 Å². The highest BCUT2D eigenvalue weighted by Crippen LogP contribution is 2.26. The number of aromatic carboxylic acids is 1. The maximum atomic E-state index is 13.6. The van der Waals surface area contributed by atoms with E-state index in [2.05, 4.69) is 5.16 Å². The molecule has 0 aliphatic heterocycles. The van der Waals surface area contributed by atoms with Gasteiger partial charge in [-0.2, -0.15) is 0 Å². The molecule has 0 unspecified atom stereocenters. The zero-order valence-corrected chi connectivity index (χ0v) is 12.2. The molecule has 0 spiro atoms. The molecule has 0 amide bonds. The molecule has 0 saturated carbocycles. The van der Waals surface area contributed by atoms with Crippen LogP contribution in [0.2, 0.25) is 5.02 Å². The number of halogens is 2. The fourth-order valence-corrected chi connectivity index (χ4v) is 3.10. The smallest absolute Gasteiger partial charge is 0.337 e. The third-order valence-electron chi connectivity index (χ3n) is 2.60. The molecule has 0 bridgehead atoms. The molecule has 2 aromatic rings. The fourth-order valence-electron chi connectivity index (χ4n) is 1.65. The van der Waals surface area contributed by atoms with E-state index in [1.54, 1.807) is 6.92 Å². The van der Waals surface area contributed by atoms with E-state index in [9.17, 15) is 17.6 Å². The van der Waals surface area contributed by atoms with Crippen molar-refractivity contribution < 1.29 is 27.2 Å². The van der Waals surface area contributed by atoms with Gasteiger partial charge >= 0.3 is 5.97 Å². The molecule has 1 aromatic carbocycles. The van der Waals surface area contributed by atoms with Gasteiger partial charge in [0.05, 0.1) is 21.2 Å². The Bertz CT molecular complexity index is 815. The Kier molecular flexibility index (Phi) is 4.02. The lowest BCUT2D eigenvalue weighted by Crippen LogP contribution is -2.08. The van der Waals surface area contributed by atoms with Gasteiger partial charge < -0.3 is 9.63 Å². The Morgan fingerprint density at radius 2 is 2.10 bits per heavy atom. The number of nitrogens with zero attached hydrogens (tertiary/aromatic N) is 1. The monoisotopic (exact) mass is 333 g/mol. The van der Waals surface area contributed by atoms with Crippen LogP contribution in [0, 0.1) is 12.7 Å². The Morgan fingerprint density at radius 3 is 2.62 bits per heavy atom. The van der Waals surface area contributed by atoms with Crippen molar-refractivity contribution in [3.63, 3.8) is 0 Å². The number of carboxylic acids is 1. The summed E-state index contributed by atoms with van der Waals surface area (Å²) in [6.07, 6.45) is 0. The van der Waals surface area contributed by atoms with Crippen molar-refractivity contribution in [3.05, 3.63) is 46.1 Å². The third kappa shape index (κ3) is 3.22. The van der Waals surface area contributed by atoms with Crippen LogP contribution < -0.4 is 0 Å². The molecule has 0 saturated heterocycles. The van der Waals surface area contributed by atoms with Gasteiger partial charge in [-0.25, -0.2) is 17.6 Å². The van der Waals surface area contributed by atoms with Crippen molar-refractivity contribution in [3.8, 4) is 0 Å². The Balaban J connectivity index is 2.47. The first kappa shape index (κ1) is 15.5. The largest absolute Gasteiger partial charge is 0.478 e. The summed E-state index contributed by atoms with van der Waals surface area (Å²) in [5, 5.41) is 11.8. The number of hydrogen-bond acceptors (Lipinski definition) is 5.